The normalized spacial score (nSPS) is 12.7. The van der Waals surface area contributed by atoms with E-state index in [2.05, 4.69) is 36.3 Å². The van der Waals surface area contributed by atoms with Crippen LogP contribution in [-0.2, 0) is 17.8 Å². The lowest BCUT2D eigenvalue weighted by atomic mass is 10.1. The molecular weight excluding hydrogens is 580 g/mol. The molecule has 0 fully saturated rings. The fraction of sp³-hybridized carbons (Fsp3) is 0.516. The van der Waals surface area contributed by atoms with Crippen LogP contribution in [0.25, 0.3) is 0 Å². The molecule has 3 rings (SSSR count). The third-order valence-corrected chi connectivity index (χ3v) is 7.88. The number of halogens is 2. The maximum atomic E-state index is 12.9. The van der Waals surface area contributed by atoms with Gasteiger partial charge in [0.1, 0.15) is 5.75 Å². The first-order chi connectivity index (χ1) is 18.0. The lowest BCUT2D eigenvalue weighted by Crippen LogP contribution is -2.16. The molecule has 1 N–H and O–H groups in total. The summed E-state index contributed by atoms with van der Waals surface area (Å²) in [7, 11) is 0. The number of unbranched alkanes of at least 4 members (excludes halogenated alkanes) is 9. The van der Waals surface area contributed by atoms with Crippen LogP contribution in [0.5, 0.6) is 5.75 Å². The summed E-state index contributed by atoms with van der Waals surface area (Å²) in [5, 5.41) is 3.61. The van der Waals surface area contributed by atoms with E-state index in [4.69, 9.17) is 16.3 Å². The molecule has 0 spiro atoms. The van der Waals surface area contributed by atoms with Crippen molar-refractivity contribution in [1.29, 1.82) is 0 Å². The van der Waals surface area contributed by atoms with Crippen LogP contribution in [0.1, 0.15) is 89.2 Å². The van der Waals surface area contributed by atoms with Gasteiger partial charge in [0.2, 0.25) is 5.91 Å². The Bertz CT molecular complexity index is 1020. The van der Waals surface area contributed by atoms with Crippen LogP contribution in [0.4, 0.5) is 5.69 Å². The van der Waals surface area contributed by atoms with Crippen LogP contribution in [0.15, 0.2) is 53.6 Å². The standard InChI is InChI=1S/C31H43ClN2O2S.BrH/c1-3-4-5-6-7-8-9-10-11-12-19-36-31-27(16-14-18-29(31)32)21-30(35)33-28-17-13-15-26(20-28)23-34-22-25(2)37-24-34;/h13-18,20,22H,3-12,19,21,23-24H2,1-2H3,(H,33,35);1H. The Kier molecular flexibility index (Phi) is 16.0. The molecule has 2 aromatic carbocycles. The fourth-order valence-corrected chi connectivity index (χ4v) is 5.59. The molecule has 0 aromatic heterocycles. The summed E-state index contributed by atoms with van der Waals surface area (Å²) in [6.45, 7) is 5.85. The average molecular weight is 624 g/mol. The first kappa shape index (κ1) is 32.6. The number of thioether (sulfide) groups is 1. The summed E-state index contributed by atoms with van der Waals surface area (Å²) in [6.07, 6.45) is 15.3. The van der Waals surface area contributed by atoms with Gasteiger partial charge in [0.05, 0.1) is 23.9 Å². The molecule has 0 bridgehead atoms. The van der Waals surface area contributed by atoms with E-state index in [9.17, 15) is 4.79 Å². The zero-order valence-electron chi connectivity index (χ0n) is 23.0. The highest BCUT2D eigenvalue weighted by atomic mass is 79.9. The van der Waals surface area contributed by atoms with E-state index in [0.717, 1.165) is 36.5 Å². The minimum atomic E-state index is -0.0735. The van der Waals surface area contributed by atoms with Gasteiger partial charge in [-0.2, -0.15) is 0 Å². The number of nitrogens with one attached hydrogen (secondary N) is 1. The zero-order chi connectivity index (χ0) is 26.3. The second kappa shape index (κ2) is 18.6. The van der Waals surface area contributed by atoms with Crippen molar-refractivity contribution >= 4 is 51.9 Å². The van der Waals surface area contributed by atoms with Crippen LogP contribution < -0.4 is 10.1 Å². The molecule has 7 heteroatoms. The first-order valence-electron chi connectivity index (χ1n) is 13.9. The van der Waals surface area contributed by atoms with Crippen molar-refractivity contribution in [2.75, 3.05) is 17.8 Å². The number of amides is 1. The lowest BCUT2D eigenvalue weighted by Gasteiger charge is -2.16. The van der Waals surface area contributed by atoms with Gasteiger partial charge >= 0.3 is 0 Å². The molecule has 1 heterocycles. The second-order valence-electron chi connectivity index (χ2n) is 9.94. The number of carbonyl (C=O) groups is 1. The predicted octanol–water partition coefficient (Wildman–Crippen LogP) is 9.77. The summed E-state index contributed by atoms with van der Waals surface area (Å²) < 4.78 is 6.07. The quantitative estimate of drug-likeness (QED) is 0.178. The Morgan fingerprint density at radius 1 is 1.00 bits per heavy atom. The van der Waals surface area contributed by atoms with Gasteiger partial charge in [-0.25, -0.2) is 0 Å². The Labute approximate surface area is 249 Å². The molecule has 1 amide bonds. The number of rotatable bonds is 17. The van der Waals surface area contributed by atoms with Gasteiger partial charge in [-0.15, -0.1) is 28.7 Å². The fourth-order valence-electron chi connectivity index (χ4n) is 4.59. The number of hydrogen-bond donors (Lipinski definition) is 1. The average Bonchev–Trinajstić information content (AvgIpc) is 3.28. The highest BCUT2D eigenvalue weighted by molar-refractivity contribution is 8.93. The molecule has 0 atom stereocenters. The molecule has 0 radical (unpaired) electrons. The Morgan fingerprint density at radius 3 is 2.37 bits per heavy atom. The van der Waals surface area contributed by atoms with Crippen LogP contribution in [0.2, 0.25) is 5.02 Å². The molecule has 210 valence electrons. The van der Waals surface area contributed by atoms with Crippen LogP contribution in [-0.4, -0.2) is 23.3 Å². The van der Waals surface area contributed by atoms with E-state index in [-0.39, 0.29) is 29.3 Å². The SMILES string of the molecule is Br.CCCCCCCCCCCCOc1c(Cl)cccc1CC(=O)Nc1cccc(CN2C=C(C)SC2)c1. The molecule has 4 nitrogen and oxygen atoms in total. The van der Waals surface area contributed by atoms with E-state index in [1.54, 1.807) is 0 Å². The largest absolute Gasteiger partial charge is 0.492 e. The van der Waals surface area contributed by atoms with E-state index in [0.29, 0.717) is 17.4 Å². The molecule has 0 saturated heterocycles. The molecule has 1 aliphatic rings. The van der Waals surface area contributed by atoms with E-state index >= 15 is 0 Å². The third-order valence-electron chi connectivity index (χ3n) is 6.56. The number of nitrogens with zero attached hydrogens (tertiary/aromatic N) is 1. The number of carbonyl (C=O) groups excluding carboxylic acids is 1. The van der Waals surface area contributed by atoms with Gasteiger partial charge in [-0.1, -0.05) is 101 Å². The minimum absolute atomic E-state index is 0. The maximum absolute atomic E-state index is 12.9. The highest BCUT2D eigenvalue weighted by Gasteiger charge is 2.14. The minimum Gasteiger partial charge on any atom is -0.492 e. The van der Waals surface area contributed by atoms with Gasteiger partial charge in [0, 0.05) is 24.0 Å². The van der Waals surface area contributed by atoms with Crippen molar-refractivity contribution in [2.45, 2.75) is 91.0 Å². The summed E-state index contributed by atoms with van der Waals surface area (Å²) in [4.78, 5) is 16.5. The monoisotopic (exact) mass is 622 g/mol. The number of ether oxygens (including phenoxy) is 1. The number of allylic oxidation sites excluding steroid dienone is 1. The summed E-state index contributed by atoms with van der Waals surface area (Å²) in [5.74, 6) is 1.53. The molecule has 2 aromatic rings. The van der Waals surface area contributed by atoms with E-state index in [1.165, 1.54) is 61.8 Å². The van der Waals surface area contributed by atoms with E-state index in [1.807, 2.05) is 48.2 Å². The number of hydrogen-bond acceptors (Lipinski definition) is 4. The van der Waals surface area contributed by atoms with Crippen molar-refractivity contribution in [1.82, 2.24) is 4.90 Å². The van der Waals surface area contributed by atoms with Crippen molar-refractivity contribution in [3.05, 3.63) is 69.7 Å². The number of anilines is 1. The Hall–Kier alpha value is -1.63. The molecule has 0 aliphatic carbocycles. The van der Waals surface area contributed by atoms with Crippen molar-refractivity contribution < 1.29 is 9.53 Å². The first-order valence-corrected chi connectivity index (χ1v) is 15.3. The van der Waals surface area contributed by atoms with Gasteiger partial charge in [0.15, 0.2) is 0 Å². The summed E-state index contributed by atoms with van der Waals surface area (Å²) in [6, 6.07) is 13.7. The number of benzene rings is 2. The van der Waals surface area contributed by atoms with Crippen molar-refractivity contribution in [3.8, 4) is 5.75 Å². The van der Waals surface area contributed by atoms with Crippen LogP contribution in [0.3, 0.4) is 0 Å². The van der Waals surface area contributed by atoms with E-state index < -0.39 is 0 Å². The molecule has 0 saturated carbocycles. The summed E-state index contributed by atoms with van der Waals surface area (Å²) >= 11 is 8.30. The topological polar surface area (TPSA) is 41.6 Å². The van der Waals surface area contributed by atoms with Gasteiger partial charge in [0.25, 0.3) is 0 Å². The molecule has 38 heavy (non-hydrogen) atoms. The second-order valence-corrected chi connectivity index (χ2v) is 11.5. The summed E-state index contributed by atoms with van der Waals surface area (Å²) in [5.41, 5.74) is 2.81. The van der Waals surface area contributed by atoms with Crippen molar-refractivity contribution in [3.63, 3.8) is 0 Å². The molecular formula is C31H44BrClN2O2S. The van der Waals surface area contributed by atoms with Gasteiger partial charge in [-0.05, 0) is 42.0 Å². The predicted molar refractivity (Wildman–Crippen MR) is 170 cm³/mol. The molecule has 0 unspecified atom stereocenters. The highest BCUT2D eigenvalue weighted by Crippen LogP contribution is 2.30. The van der Waals surface area contributed by atoms with Crippen molar-refractivity contribution in [2.24, 2.45) is 0 Å². The van der Waals surface area contributed by atoms with Crippen LogP contribution >= 0.6 is 40.3 Å². The van der Waals surface area contributed by atoms with Crippen LogP contribution in [0, 0.1) is 0 Å². The van der Waals surface area contributed by atoms with Gasteiger partial charge < -0.3 is 15.0 Å². The Morgan fingerprint density at radius 2 is 1.68 bits per heavy atom. The third kappa shape index (κ3) is 12.0. The van der Waals surface area contributed by atoms with Gasteiger partial charge in [-0.3, -0.25) is 4.79 Å². The number of para-hydroxylation sites is 1. The maximum Gasteiger partial charge on any atom is 0.228 e. The smallest absolute Gasteiger partial charge is 0.228 e. The zero-order valence-corrected chi connectivity index (χ0v) is 26.3. The molecule has 1 aliphatic heterocycles. The lowest BCUT2D eigenvalue weighted by molar-refractivity contribution is -0.115. The Balaban J connectivity index is 0.00000507.